The third-order valence-corrected chi connectivity index (χ3v) is 2.89. The molecule has 1 aromatic heterocycles. The van der Waals surface area contributed by atoms with E-state index in [1.54, 1.807) is 12.4 Å². The number of imidazole rings is 1. The average Bonchev–Trinajstić information content (AvgIpc) is 2.80. The molecule has 0 amide bonds. The lowest BCUT2D eigenvalue weighted by atomic mass is 10.2. The second kappa shape index (κ2) is 5.98. The van der Waals surface area contributed by atoms with Gasteiger partial charge < -0.3 is 9.88 Å². The van der Waals surface area contributed by atoms with Crippen LogP contribution in [-0.4, -0.2) is 16.1 Å². The van der Waals surface area contributed by atoms with Crippen LogP contribution in [0.1, 0.15) is 17.7 Å². The van der Waals surface area contributed by atoms with Crippen LogP contribution < -0.4 is 5.32 Å². The molecule has 1 aromatic carbocycles. The molecule has 2 aromatic rings. The predicted molar refractivity (Wildman–Crippen MR) is 71.5 cm³/mol. The quantitative estimate of drug-likeness (QED) is 0.851. The Morgan fingerprint density at radius 1 is 1.30 bits per heavy atom. The molecule has 3 nitrogen and oxygen atoms in total. The van der Waals surface area contributed by atoms with Crippen molar-refractivity contribution < 1.29 is 13.2 Å². The van der Waals surface area contributed by atoms with E-state index in [9.17, 15) is 13.2 Å². The Balaban J connectivity index is 1.82. The summed E-state index contributed by atoms with van der Waals surface area (Å²) in [6.45, 7) is 0.609. The summed E-state index contributed by atoms with van der Waals surface area (Å²) in [4.78, 5) is 4.19. The highest BCUT2D eigenvalue weighted by Crippen LogP contribution is 2.30. The first-order valence-electron chi connectivity index (χ1n) is 6.33. The summed E-state index contributed by atoms with van der Waals surface area (Å²) in [5.74, 6) is 0. The molecule has 1 heterocycles. The molecular formula is C14H16F3N3. The highest BCUT2D eigenvalue weighted by molar-refractivity contribution is 5.46. The number of nitrogens with zero attached hydrogens (tertiary/aromatic N) is 2. The van der Waals surface area contributed by atoms with Crippen molar-refractivity contribution in [2.75, 3.05) is 11.9 Å². The van der Waals surface area contributed by atoms with E-state index in [0.717, 1.165) is 30.7 Å². The van der Waals surface area contributed by atoms with E-state index in [-0.39, 0.29) is 0 Å². The topological polar surface area (TPSA) is 29.9 Å². The van der Waals surface area contributed by atoms with Gasteiger partial charge in [0, 0.05) is 25.5 Å². The van der Waals surface area contributed by atoms with Gasteiger partial charge >= 0.3 is 6.18 Å². The zero-order valence-electron chi connectivity index (χ0n) is 11.1. The highest BCUT2D eigenvalue weighted by atomic mass is 19.4. The number of aryl methyl sites for hydroxylation is 2. The Labute approximate surface area is 115 Å². The van der Waals surface area contributed by atoms with Gasteiger partial charge in [0.25, 0.3) is 0 Å². The van der Waals surface area contributed by atoms with Crippen LogP contribution in [0.25, 0.3) is 0 Å². The number of hydrogen-bond donors (Lipinski definition) is 1. The Bertz CT molecular complexity index is 561. The van der Waals surface area contributed by atoms with Gasteiger partial charge in [0.05, 0.1) is 17.6 Å². The van der Waals surface area contributed by atoms with Crippen molar-refractivity contribution in [3.05, 3.63) is 48.0 Å². The molecule has 0 unspecified atom stereocenters. The van der Waals surface area contributed by atoms with E-state index in [2.05, 4.69) is 10.3 Å². The van der Waals surface area contributed by atoms with Crippen LogP contribution >= 0.6 is 0 Å². The summed E-state index contributed by atoms with van der Waals surface area (Å²) >= 11 is 0. The first-order chi connectivity index (χ1) is 9.45. The first kappa shape index (κ1) is 14.4. The Hall–Kier alpha value is -1.98. The third-order valence-electron chi connectivity index (χ3n) is 2.89. The van der Waals surface area contributed by atoms with Gasteiger partial charge in [-0.3, -0.25) is 0 Å². The van der Waals surface area contributed by atoms with Crippen molar-refractivity contribution in [1.82, 2.24) is 9.55 Å². The van der Waals surface area contributed by atoms with Crippen molar-refractivity contribution in [2.45, 2.75) is 19.0 Å². The molecule has 0 saturated carbocycles. The average molecular weight is 283 g/mol. The van der Waals surface area contributed by atoms with Gasteiger partial charge in [-0.2, -0.15) is 13.2 Å². The molecule has 0 fully saturated rings. The van der Waals surface area contributed by atoms with Crippen molar-refractivity contribution >= 4 is 5.69 Å². The summed E-state index contributed by atoms with van der Waals surface area (Å²) < 4.78 is 39.5. The van der Waals surface area contributed by atoms with E-state index in [0.29, 0.717) is 12.2 Å². The molecule has 0 aliphatic heterocycles. The van der Waals surface area contributed by atoms with E-state index in [1.165, 1.54) is 6.07 Å². The molecule has 0 atom stereocenters. The number of nitrogens with one attached hydrogen (secondary N) is 1. The molecular weight excluding hydrogens is 267 g/mol. The predicted octanol–water partition coefficient (Wildman–Crippen LogP) is 3.48. The van der Waals surface area contributed by atoms with Gasteiger partial charge in [0.15, 0.2) is 0 Å². The van der Waals surface area contributed by atoms with E-state index < -0.39 is 11.7 Å². The number of rotatable bonds is 5. The number of halogens is 3. The zero-order valence-corrected chi connectivity index (χ0v) is 11.1. The van der Waals surface area contributed by atoms with Gasteiger partial charge in [-0.1, -0.05) is 6.07 Å². The minimum atomic E-state index is -4.30. The van der Waals surface area contributed by atoms with Gasteiger partial charge in [-0.05, 0) is 31.0 Å². The lowest BCUT2D eigenvalue weighted by Crippen LogP contribution is -2.07. The van der Waals surface area contributed by atoms with Gasteiger partial charge in [0.2, 0.25) is 0 Å². The van der Waals surface area contributed by atoms with Gasteiger partial charge in [-0.15, -0.1) is 0 Å². The normalized spacial score (nSPS) is 11.6. The maximum absolute atomic E-state index is 12.5. The second-order valence-corrected chi connectivity index (χ2v) is 4.64. The van der Waals surface area contributed by atoms with Crippen LogP contribution in [0.2, 0.25) is 0 Å². The smallest absolute Gasteiger partial charge is 0.385 e. The summed E-state index contributed by atoms with van der Waals surface area (Å²) in [6, 6.07) is 5.24. The largest absolute Gasteiger partial charge is 0.416 e. The van der Waals surface area contributed by atoms with Crippen molar-refractivity contribution in [1.29, 1.82) is 0 Å². The van der Waals surface area contributed by atoms with Crippen LogP contribution in [0.3, 0.4) is 0 Å². The number of aromatic nitrogens is 2. The van der Waals surface area contributed by atoms with Crippen LogP contribution in [0.4, 0.5) is 18.9 Å². The molecule has 20 heavy (non-hydrogen) atoms. The molecule has 1 N–H and O–H groups in total. The Morgan fingerprint density at radius 2 is 2.10 bits per heavy atom. The fraction of sp³-hybridized carbons (Fsp3) is 0.357. The Morgan fingerprint density at radius 3 is 2.75 bits per heavy atom. The summed E-state index contributed by atoms with van der Waals surface area (Å²) in [7, 11) is 1.90. The van der Waals surface area contributed by atoms with E-state index >= 15 is 0 Å². The minimum Gasteiger partial charge on any atom is -0.385 e. The van der Waals surface area contributed by atoms with Crippen molar-refractivity contribution in [3.8, 4) is 0 Å². The first-order valence-corrected chi connectivity index (χ1v) is 6.33. The zero-order chi connectivity index (χ0) is 14.6. The lowest BCUT2D eigenvalue weighted by molar-refractivity contribution is -0.137. The highest BCUT2D eigenvalue weighted by Gasteiger charge is 2.30. The number of alkyl halides is 3. The molecule has 0 bridgehead atoms. The van der Waals surface area contributed by atoms with Crippen molar-refractivity contribution in [3.63, 3.8) is 0 Å². The molecule has 108 valence electrons. The molecule has 2 rings (SSSR count). The maximum atomic E-state index is 12.5. The van der Waals surface area contributed by atoms with Crippen LogP contribution in [0.5, 0.6) is 0 Å². The van der Waals surface area contributed by atoms with Crippen LogP contribution in [-0.2, 0) is 19.6 Å². The van der Waals surface area contributed by atoms with Gasteiger partial charge in [-0.25, -0.2) is 4.98 Å². The number of hydrogen-bond acceptors (Lipinski definition) is 2. The summed E-state index contributed by atoms with van der Waals surface area (Å²) in [5.41, 5.74) is 0.839. The SMILES string of the molecule is Cn1cnc(CCCNc2cccc(C(F)(F)F)c2)c1. The van der Waals surface area contributed by atoms with E-state index in [4.69, 9.17) is 0 Å². The second-order valence-electron chi connectivity index (χ2n) is 4.64. The van der Waals surface area contributed by atoms with E-state index in [1.807, 2.05) is 17.8 Å². The number of benzene rings is 1. The molecule has 0 spiro atoms. The maximum Gasteiger partial charge on any atom is 0.416 e. The monoisotopic (exact) mass is 283 g/mol. The third kappa shape index (κ3) is 4.01. The van der Waals surface area contributed by atoms with Gasteiger partial charge in [0.1, 0.15) is 0 Å². The molecule has 0 saturated heterocycles. The molecule has 0 radical (unpaired) electrons. The standard InChI is InChI=1S/C14H16F3N3/c1-20-9-13(19-10-20)6-3-7-18-12-5-2-4-11(8-12)14(15,16)17/h2,4-5,8-10,18H,3,6-7H2,1H3. The number of anilines is 1. The summed E-state index contributed by atoms with van der Waals surface area (Å²) in [6.07, 6.45) is 0.978. The summed E-state index contributed by atoms with van der Waals surface area (Å²) in [5, 5.41) is 3.00. The van der Waals surface area contributed by atoms with Crippen LogP contribution in [0, 0.1) is 0 Å². The molecule has 6 heteroatoms. The molecule has 0 aliphatic rings. The van der Waals surface area contributed by atoms with Crippen LogP contribution in [0.15, 0.2) is 36.8 Å². The molecule has 0 aliphatic carbocycles. The van der Waals surface area contributed by atoms with Crippen molar-refractivity contribution in [2.24, 2.45) is 7.05 Å². The Kier molecular flexibility index (Phi) is 4.32. The lowest BCUT2D eigenvalue weighted by Gasteiger charge is -2.10. The fourth-order valence-corrected chi connectivity index (χ4v) is 1.90. The fourth-order valence-electron chi connectivity index (χ4n) is 1.90. The minimum absolute atomic E-state index is 0.487.